The van der Waals surface area contributed by atoms with Crippen LogP contribution in [0.25, 0.3) is 0 Å². The molecule has 0 amide bonds. The van der Waals surface area contributed by atoms with E-state index in [0.29, 0.717) is 5.95 Å². The van der Waals surface area contributed by atoms with Crippen LogP contribution in [0, 0.1) is 18.8 Å². The number of aromatic nitrogens is 2. The van der Waals surface area contributed by atoms with E-state index in [9.17, 15) is 0 Å². The van der Waals surface area contributed by atoms with Crippen LogP contribution in [0.4, 0.5) is 11.8 Å². The summed E-state index contributed by atoms with van der Waals surface area (Å²) in [5, 5.41) is 0. The van der Waals surface area contributed by atoms with Gasteiger partial charge in [0.2, 0.25) is 5.95 Å². The highest BCUT2D eigenvalue weighted by atomic mass is 15.3. The number of rotatable bonds is 2. The fraction of sp³-hybridized carbons (Fsp3) is 0.714. The molecule has 2 aliphatic rings. The molecule has 1 aromatic heterocycles. The molecule has 2 heterocycles. The van der Waals surface area contributed by atoms with Crippen LogP contribution in [0.15, 0.2) is 6.20 Å². The van der Waals surface area contributed by atoms with Gasteiger partial charge in [0.1, 0.15) is 5.82 Å². The lowest BCUT2D eigenvalue weighted by atomic mass is 9.75. The zero-order chi connectivity index (χ0) is 13.2. The van der Waals surface area contributed by atoms with Gasteiger partial charge in [0, 0.05) is 24.8 Å². The van der Waals surface area contributed by atoms with Crippen molar-refractivity contribution in [2.75, 3.05) is 23.4 Å². The maximum absolute atomic E-state index is 5.41. The molecule has 3 rings (SSSR count). The Labute approximate surface area is 114 Å². The number of piperidine rings is 1. The summed E-state index contributed by atoms with van der Waals surface area (Å²) in [5.74, 6) is 8.76. The maximum atomic E-state index is 5.41. The van der Waals surface area contributed by atoms with Crippen molar-refractivity contribution in [3.63, 3.8) is 0 Å². The van der Waals surface area contributed by atoms with Gasteiger partial charge >= 0.3 is 0 Å². The van der Waals surface area contributed by atoms with Crippen molar-refractivity contribution in [2.24, 2.45) is 17.7 Å². The first-order valence-electron chi connectivity index (χ1n) is 7.33. The summed E-state index contributed by atoms with van der Waals surface area (Å²) in [6, 6.07) is 0. The van der Waals surface area contributed by atoms with Gasteiger partial charge in [0.15, 0.2) is 0 Å². The first-order chi connectivity index (χ1) is 9.28. The third-order valence-electron chi connectivity index (χ3n) is 4.66. The quantitative estimate of drug-likeness (QED) is 0.630. The average molecular weight is 261 g/mol. The van der Waals surface area contributed by atoms with E-state index in [2.05, 4.69) is 27.2 Å². The average Bonchev–Trinajstić information content (AvgIpc) is 2.47. The molecule has 0 aromatic carbocycles. The minimum atomic E-state index is 0.506. The number of nitrogens with one attached hydrogen (secondary N) is 1. The second kappa shape index (κ2) is 5.33. The molecule has 1 aromatic rings. The monoisotopic (exact) mass is 261 g/mol. The topological polar surface area (TPSA) is 67.1 Å². The van der Waals surface area contributed by atoms with Gasteiger partial charge < -0.3 is 4.90 Å². The number of fused-ring (bicyclic) bond motifs is 1. The molecule has 1 aliphatic carbocycles. The summed E-state index contributed by atoms with van der Waals surface area (Å²) in [5.41, 5.74) is 3.67. The predicted octanol–water partition coefficient (Wildman–Crippen LogP) is 2.09. The van der Waals surface area contributed by atoms with Gasteiger partial charge in [-0.25, -0.2) is 10.8 Å². The molecule has 0 spiro atoms. The molecule has 5 nitrogen and oxygen atoms in total. The van der Waals surface area contributed by atoms with Gasteiger partial charge in [-0.05, 0) is 31.6 Å². The zero-order valence-corrected chi connectivity index (χ0v) is 11.6. The number of hydrogen-bond acceptors (Lipinski definition) is 5. The normalized spacial score (nSPS) is 26.9. The fourth-order valence-electron chi connectivity index (χ4n) is 3.62. The Kier molecular flexibility index (Phi) is 3.55. The van der Waals surface area contributed by atoms with E-state index in [0.717, 1.165) is 36.3 Å². The van der Waals surface area contributed by atoms with Crippen molar-refractivity contribution in [1.29, 1.82) is 0 Å². The lowest BCUT2D eigenvalue weighted by Gasteiger charge is -2.42. The smallest absolute Gasteiger partial charge is 0.239 e. The molecule has 1 saturated heterocycles. The van der Waals surface area contributed by atoms with Gasteiger partial charge in [-0.15, -0.1) is 0 Å². The molecule has 5 heteroatoms. The number of hydrogen-bond donors (Lipinski definition) is 2. The molecule has 19 heavy (non-hydrogen) atoms. The Morgan fingerprint density at radius 3 is 2.84 bits per heavy atom. The van der Waals surface area contributed by atoms with Crippen molar-refractivity contribution in [3.05, 3.63) is 11.8 Å². The van der Waals surface area contributed by atoms with Crippen LogP contribution < -0.4 is 16.2 Å². The number of aryl methyl sites for hydroxylation is 1. The molecule has 0 bridgehead atoms. The SMILES string of the molecule is Cc1cnc(NN)nc1N1CCC2CCCCC2C1. The summed E-state index contributed by atoms with van der Waals surface area (Å²) in [6.45, 7) is 4.33. The highest BCUT2D eigenvalue weighted by Gasteiger charge is 2.32. The van der Waals surface area contributed by atoms with Crippen LogP contribution in [-0.4, -0.2) is 23.1 Å². The van der Waals surface area contributed by atoms with Gasteiger partial charge in [-0.1, -0.05) is 19.3 Å². The Morgan fingerprint density at radius 1 is 1.26 bits per heavy atom. The molecular formula is C14H23N5. The van der Waals surface area contributed by atoms with Gasteiger partial charge in [-0.2, -0.15) is 4.98 Å². The van der Waals surface area contributed by atoms with Crippen LogP contribution in [0.3, 0.4) is 0 Å². The van der Waals surface area contributed by atoms with Gasteiger partial charge in [0.05, 0.1) is 0 Å². The molecule has 2 fully saturated rings. The first kappa shape index (κ1) is 12.7. The second-order valence-corrected chi connectivity index (χ2v) is 5.88. The number of anilines is 2. The van der Waals surface area contributed by atoms with Crippen molar-refractivity contribution < 1.29 is 0 Å². The van der Waals surface area contributed by atoms with Gasteiger partial charge in [-0.3, -0.25) is 5.43 Å². The van der Waals surface area contributed by atoms with E-state index < -0.39 is 0 Å². The molecule has 0 radical (unpaired) electrons. The predicted molar refractivity (Wildman–Crippen MR) is 76.9 cm³/mol. The van der Waals surface area contributed by atoms with Crippen LogP contribution in [0.5, 0.6) is 0 Å². The van der Waals surface area contributed by atoms with Crippen LogP contribution in [-0.2, 0) is 0 Å². The van der Waals surface area contributed by atoms with E-state index in [1.807, 2.05) is 6.20 Å². The third kappa shape index (κ3) is 2.52. The standard InChI is InChI=1S/C14H23N5/c1-10-8-16-14(18-15)17-13(10)19-7-6-11-4-2-3-5-12(11)9-19/h8,11-12H,2-7,9,15H2,1H3,(H,16,17,18). The molecule has 2 atom stereocenters. The zero-order valence-electron chi connectivity index (χ0n) is 11.6. The van der Waals surface area contributed by atoms with Gasteiger partial charge in [0.25, 0.3) is 0 Å². The summed E-state index contributed by atoms with van der Waals surface area (Å²) < 4.78 is 0. The fourth-order valence-corrected chi connectivity index (χ4v) is 3.62. The summed E-state index contributed by atoms with van der Waals surface area (Å²) >= 11 is 0. The Morgan fingerprint density at radius 2 is 2.05 bits per heavy atom. The molecule has 3 N–H and O–H groups in total. The number of nitrogen functional groups attached to an aromatic ring is 1. The minimum absolute atomic E-state index is 0.506. The Bertz CT molecular complexity index is 447. The van der Waals surface area contributed by atoms with Crippen LogP contribution >= 0.6 is 0 Å². The molecule has 104 valence electrons. The van der Waals surface area contributed by atoms with Crippen LogP contribution in [0.2, 0.25) is 0 Å². The minimum Gasteiger partial charge on any atom is -0.356 e. The maximum Gasteiger partial charge on any atom is 0.239 e. The van der Waals surface area contributed by atoms with Crippen molar-refractivity contribution >= 4 is 11.8 Å². The Balaban J connectivity index is 1.79. The van der Waals surface area contributed by atoms with E-state index in [4.69, 9.17) is 5.84 Å². The highest BCUT2D eigenvalue weighted by Crippen LogP contribution is 2.37. The third-order valence-corrected chi connectivity index (χ3v) is 4.66. The van der Waals surface area contributed by atoms with E-state index in [1.165, 1.54) is 32.1 Å². The molecule has 1 aliphatic heterocycles. The van der Waals surface area contributed by atoms with Crippen molar-refractivity contribution in [3.8, 4) is 0 Å². The lowest BCUT2D eigenvalue weighted by Crippen LogP contribution is -2.42. The number of hydrazine groups is 1. The molecule has 2 unspecified atom stereocenters. The first-order valence-corrected chi connectivity index (χ1v) is 7.33. The number of nitrogens with zero attached hydrogens (tertiary/aromatic N) is 3. The van der Waals surface area contributed by atoms with E-state index in [-0.39, 0.29) is 0 Å². The molecule has 1 saturated carbocycles. The summed E-state index contributed by atoms with van der Waals surface area (Å²) in [6.07, 6.45) is 8.79. The summed E-state index contributed by atoms with van der Waals surface area (Å²) in [7, 11) is 0. The highest BCUT2D eigenvalue weighted by molar-refractivity contribution is 5.49. The largest absolute Gasteiger partial charge is 0.356 e. The summed E-state index contributed by atoms with van der Waals surface area (Å²) in [4.78, 5) is 11.1. The van der Waals surface area contributed by atoms with E-state index >= 15 is 0 Å². The number of nitrogens with two attached hydrogens (primary N) is 1. The van der Waals surface area contributed by atoms with Crippen molar-refractivity contribution in [2.45, 2.75) is 39.0 Å². The van der Waals surface area contributed by atoms with E-state index in [1.54, 1.807) is 0 Å². The second-order valence-electron chi connectivity index (χ2n) is 5.88. The van der Waals surface area contributed by atoms with Crippen LogP contribution in [0.1, 0.15) is 37.7 Å². The van der Waals surface area contributed by atoms with Crippen molar-refractivity contribution in [1.82, 2.24) is 9.97 Å². The Hall–Kier alpha value is -1.36. The molecular weight excluding hydrogens is 238 g/mol. The lowest BCUT2D eigenvalue weighted by molar-refractivity contribution is 0.202.